The number of rotatable bonds is 5. The maximum absolute atomic E-state index is 6.12. The van der Waals surface area contributed by atoms with Gasteiger partial charge in [-0.15, -0.1) is 0 Å². The van der Waals surface area contributed by atoms with Gasteiger partial charge >= 0.3 is 0 Å². The van der Waals surface area contributed by atoms with Crippen LogP contribution in [0.2, 0.25) is 0 Å². The van der Waals surface area contributed by atoms with Crippen LogP contribution in [0.3, 0.4) is 0 Å². The van der Waals surface area contributed by atoms with E-state index in [0.717, 1.165) is 18.7 Å². The molecule has 2 rings (SSSR count). The van der Waals surface area contributed by atoms with Crippen LogP contribution in [0.15, 0.2) is 24.3 Å². The fourth-order valence-electron chi connectivity index (χ4n) is 2.61. The summed E-state index contributed by atoms with van der Waals surface area (Å²) >= 11 is 0. The summed E-state index contributed by atoms with van der Waals surface area (Å²) in [5.41, 5.74) is 7.46. The molecule has 1 aliphatic carbocycles. The number of nitrogens with one attached hydrogen (secondary N) is 1. The Labute approximate surface area is 110 Å². The van der Waals surface area contributed by atoms with Crippen molar-refractivity contribution in [3.05, 3.63) is 29.8 Å². The molecule has 0 aliphatic heterocycles. The van der Waals surface area contributed by atoms with Gasteiger partial charge in [0.25, 0.3) is 0 Å². The van der Waals surface area contributed by atoms with Crippen molar-refractivity contribution < 1.29 is 4.74 Å². The molecule has 0 bridgehead atoms. The zero-order valence-corrected chi connectivity index (χ0v) is 11.2. The predicted octanol–water partition coefficient (Wildman–Crippen LogP) is 2.10. The third kappa shape index (κ3) is 3.72. The summed E-state index contributed by atoms with van der Waals surface area (Å²) in [7, 11) is 1.70. The van der Waals surface area contributed by atoms with Gasteiger partial charge in [0.15, 0.2) is 0 Å². The summed E-state index contributed by atoms with van der Waals surface area (Å²) < 4.78 is 5.15. The third-order valence-electron chi connectivity index (χ3n) is 3.80. The molecular formula is C15H24N2O. The zero-order valence-electron chi connectivity index (χ0n) is 11.2. The molecule has 0 heterocycles. The Balaban J connectivity index is 1.73. The van der Waals surface area contributed by atoms with Gasteiger partial charge in [-0.1, -0.05) is 25.0 Å². The normalized spacial score (nSPS) is 23.9. The van der Waals surface area contributed by atoms with Crippen molar-refractivity contribution in [1.82, 2.24) is 5.32 Å². The predicted molar refractivity (Wildman–Crippen MR) is 74.9 cm³/mol. The van der Waals surface area contributed by atoms with Crippen molar-refractivity contribution in [2.45, 2.75) is 44.2 Å². The van der Waals surface area contributed by atoms with E-state index in [9.17, 15) is 0 Å². The van der Waals surface area contributed by atoms with E-state index >= 15 is 0 Å². The topological polar surface area (TPSA) is 47.3 Å². The molecule has 100 valence electrons. The fraction of sp³-hybridized carbons (Fsp3) is 0.600. The summed E-state index contributed by atoms with van der Waals surface area (Å²) in [6.45, 7) is 1.00. The molecule has 3 heteroatoms. The minimum atomic E-state index is 0.342. The molecule has 18 heavy (non-hydrogen) atoms. The van der Waals surface area contributed by atoms with E-state index in [1.165, 1.54) is 31.2 Å². The Morgan fingerprint density at radius 3 is 2.61 bits per heavy atom. The molecule has 1 aliphatic rings. The Morgan fingerprint density at radius 2 is 1.94 bits per heavy atom. The van der Waals surface area contributed by atoms with E-state index in [1.54, 1.807) is 7.11 Å². The van der Waals surface area contributed by atoms with Gasteiger partial charge in [0.2, 0.25) is 0 Å². The van der Waals surface area contributed by atoms with Crippen molar-refractivity contribution in [1.29, 1.82) is 0 Å². The monoisotopic (exact) mass is 248 g/mol. The van der Waals surface area contributed by atoms with Crippen LogP contribution in [-0.2, 0) is 6.42 Å². The second-order valence-corrected chi connectivity index (χ2v) is 5.11. The van der Waals surface area contributed by atoms with Crippen LogP contribution >= 0.6 is 0 Å². The van der Waals surface area contributed by atoms with Gasteiger partial charge in [0.1, 0.15) is 5.75 Å². The van der Waals surface area contributed by atoms with Crippen molar-refractivity contribution in [3.8, 4) is 5.75 Å². The molecular weight excluding hydrogens is 224 g/mol. The van der Waals surface area contributed by atoms with E-state index in [2.05, 4.69) is 17.4 Å². The number of ether oxygens (including phenoxy) is 1. The van der Waals surface area contributed by atoms with Gasteiger partial charge in [-0.05, 0) is 43.5 Å². The molecule has 3 nitrogen and oxygen atoms in total. The summed E-state index contributed by atoms with van der Waals surface area (Å²) in [6.07, 6.45) is 6.04. The van der Waals surface area contributed by atoms with Crippen molar-refractivity contribution in [3.63, 3.8) is 0 Å². The van der Waals surface area contributed by atoms with Gasteiger partial charge in [-0.25, -0.2) is 0 Å². The van der Waals surface area contributed by atoms with Gasteiger partial charge in [-0.2, -0.15) is 0 Å². The van der Waals surface area contributed by atoms with E-state index < -0.39 is 0 Å². The minimum absolute atomic E-state index is 0.342. The summed E-state index contributed by atoms with van der Waals surface area (Å²) in [5, 5.41) is 3.59. The van der Waals surface area contributed by atoms with E-state index in [0.29, 0.717) is 12.1 Å². The standard InChI is InChI=1S/C15H24N2O/c1-18-13-8-6-12(7-9-13)10-11-17-15-5-3-2-4-14(15)16/h6-9,14-15,17H,2-5,10-11,16H2,1H3. The van der Waals surface area contributed by atoms with Gasteiger partial charge in [0, 0.05) is 12.1 Å². The molecule has 0 spiro atoms. The first kappa shape index (κ1) is 13.4. The van der Waals surface area contributed by atoms with Crippen molar-refractivity contribution in [2.75, 3.05) is 13.7 Å². The third-order valence-corrected chi connectivity index (χ3v) is 3.80. The number of benzene rings is 1. The van der Waals surface area contributed by atoms with Gasteiger partial charge in [0.05, 0.1) is 7.11 Å². The van der Waals surface area contributed by atoms with Crippen LogP contribution in [0, 0.1) is 0 Å². The maximum Gasteiger partial charge on any atom is 0.118 e. The molecule has 1 saturated carbocycles. The van der Waals surface area contributed by atoms with E-state index in [-0.39, 0.29) is 0 Å². The number of hydrogen-bond donors (Lipinski definition) is 2. The number of nitrogens with two attached hydrogens (primary N) is 1. The van der Waals surface area contributed by atoms with Crippen molar-refractivity contribution in [2.24, 2.45) is 5.73 Å². The van der Waals surface area contributed by atoms with E-state index in [1.807, 2.05) is 12.1 Å². The molecule has 0 saturated heterocycles. The first-order valence-electron chi connectivity index (χ1n) is 6.91. The summed E-state index contributed by atoms with van der Waals surface area (Å²) in [6, 6.07) is 9.14. The molecule has 3 N–H and O–H groups in total. The highest BCUT2D eigenvalue weighted by Gasteiger charge is 2.20. The molecule has 0 radical (unpaired) electrons. The Morgan fingerprint density at radius 1 is 1.22 bits per heavy atom. The van der Waals surface area contributed by atoms with Crippen molar-refractivity contribution >= 4 is 0 Å². The maximum atomic E-state index is 6.12. The van der Waals surface area contributed by atoms with Crippen LogP contribution in [-0.4, -0.2) is 25.7 Å². The molecule has 1 aromatic carbocycles. The smallest absolute Gasteiger partial charge is 0.118 e. The average Bonchev–Trinajstić information content (AvgIpc) is 2.42. The lowest BCUT2D eigenvalue weighted by Gasteiger charge is -2.29. The van der Waals surface area contributed by atoms with Gasteiger partial charge < -0.3 is 15.8 Å². The highest BCUT2D eigenvalue weighted by molar-refractivity contribution is 5.27. The second-order valence-electron chi connectivity index (χ2n) is 5.11. The highest BCUT2D eigenvalue weighted by Crippen LogP contribution is 2.17. The molecule has 2 atom stereocenters. The molecule has 1 fully saturated rings. The fourth-order valence-corrected chi connectivity index (χ4v) is 2.61. The van der Waals surface area contributed by atoms with Crippen LogP contribution in [0.4, 0.5) is 0 Å². The van der Waals surface area contributed by atoms with Crippen LogP contribution in [0.25, 0.3) is 0 Å². The minimum Gasteiger partial charge on any atom is -0.497 e. The lowest BCUT2D eigenvalue weighted by atomic mass is 9.91. The van der Waals surface area contributed by atoms with Gasteiger partial charge in [-0.3, -0.25) is 0 Å². The molecule has 0 aromatic heterocycles. The average molecular weight is 248 g/mol. The summed E-state index contributed by atoms with van der Waals surface area (Å²) in [4.78, 5) is 0. The number of methoxy groups -OCH3 is 1. The highest BCUT2D eigenvalue weighted by atomic mass is 16.5. The Hall–Kier alpha value is -1.06. The van der Waals surface area contributed by atoms with Crippen LogP contribution in [0.1, 0.15) is 31.2 Å². The first-order valence-corrected chi connectivity index (χ1v) is 6.91. The SMILES string of the molecule is COc1ccc(CCNC2CCCCC2N)cc1. The Kier molecular flexibility index (Phi) is 5.02. The zero-order chi connectivity index (χ0) is 12.8. The second kappa shape index (κ2) is 6.76. The first-order chi connectivity index (χ1) is 8.79. The lowest BCUT2D eigenvalue weighted by Crippen LogP contribution is -2.47. The quantitative estimate of drug-likeness (QED) is 0.839. The summed E-state index contributed by atoms with van der Waals surface area (Å²) in [5.74, 6) is 0.918. The van der Waals surface area contributed by atoms with Crippen LogP contribution < -0.4 is 15.8 Å². The van der Waals surface area contributed by atoms with E-state index in [4.69, 9.17) is 10.5 Å². The van der Waals surface area contributed by atoms with Crippen LogP contribution in [0.5, 0.6) is 5.75 Å². The lowest BCUT2D eigenvalue weighted by molar-refractivity contribution is 0.329. The molecule has 1 aromatic rings. The molecule has 2 unspecified atom stereocenters. The number of hydrogen-bond acceptors (Lipinski definition) is 3. The Bertz CT molecular complexity index is 350. The molecule has 0 amide bonds. The largest absolute Gasteiger partial charge is 0.497 e.